The van der Waals surface area contributed by atoms with Crippen molar-refractivity contribution in [3.63, 3.8) is 0 Å². The summed E-state index contributed by atoms with van der Waals surface area (Å²) in [6.45, 7) is 4.86. The molecule has 1 aromatic carbocycles. The molecule has 6 nitrogen and oxygen atoms in total. The largest absolute Gasteiger partial charge is 0.493 e. The van der Waals surface area contributed by atoms with Gasteiger partial charge in [0.2, 0.25) is 5.91 Å². The van der Waals surface area contributed by atoms with Crippen LogP contribution in [-0.2, 0) is 17.8 Å². The number of amides is 1. The summed E-state index contributed by atoms with van der Waals surface area (Å²) in [5.74, 6) is 1.82. The van der Waals surface area contributed by atoms with Gasteiger partial charge in [-0.25, -0.2) is 0 Å². The van der Waals surface area contributed by atoms with Gasteiger partial charge in [0, 0.05) is 23.9 Å². The molecule has 1 aromatic heterocycles. The minimum absolute atomic E-state index is 0.0168. The third kappa shape index (κ3) is 3.36. The second kappa shape index (κ2) is 7.17. The first kappa shape index (κ1) is 16.7. The number of aromatic amines is 1. The molecule has 1 aliphatic heterocycles. The molecule has 1 amide bonds. The summed E-state index contributed by atoms with van der Waals surface area (Å²) in [7, 11) is 0. The summed E-state index contributed by atoms with van der Waals surface area (Å²) in [6, 6.07) is 7.96. The Hall–Kier alpha value is -2.15. The number of H-pyrrole nitrogens is 1. The van der Waals surface area contributed by atoms with Crippen LogP contribution in [-0.4, -0.2) is 33.3 Å². The molecular weight excluding hydrogens is 324 g/mol. The molecule has 0 bridgehead atoms. The molecule has 2 N–H and O–H groups in total. The Morgan fingerprint density at radius 1 is 1.54 bits per heavy atom. The normalized spacial score (nSPS) is 17.2. The van der Waals surface area contributed by atoms with Gasteiger partial charge in [0.25, 0.3) is 0 Å². The maximum atomic E-state index is 12.4. The van der Waals surface area contributed by atoms with Crippen LogP contribution >= 0.6 is 12.2 Å². The zero-order valence-corrected chi connectivity index (χ0v) is 14.7. The molecule has 24 heavy (non-hydrogen) atoms. The fourth-order valence-corrected chi connectivity index (χ4v) is 3.29. The lowest BCUT2D eigenvalue weighted by Gasteiger charge is -2.20. The Kier molecular flexibility index (Phi) is 4.99. The molecule has 1 aliphatic rings. The molecule has 0 unspecified atom stereocenters. The quantitative estimate of drug-likeness (QED) is 0.789. The Labute approximate surface area is 146 Å². The first-order valence-corrected chi connectivity index (χ1v) is 8.66. The summed E-state index contributed by atoms with van der Waals surface area (Å²) in [6.07, 6.45) is 1.74. The van der Waals surface area contributed by atoms with Crippen LogP contribution in [0.25, 0.3) is 0 Å². The Morgan fingerprint density at radius 3 is 3.12 bits per heavy atom. The van der Waals surface area contributed by atoms with E-state index >= 15 is 0 Å². The van der Waals surface area contributed by atoms with Gasteiger partial charge < -0.3 is 10.1 Å². The van der Waals surface area contributed by atoms with Crippen molar-refractivity contribution in [1.29, 1.82) is 0 Å². The maximum absolute atomic E-state index is 12.4. The van der Waals surface area contributed by atoms with E-state index in [2.05, 4.69) is 28.5 Å². The number of aryl methyl sites for hydroxylation is 1. The van der Waals surface area contributed by atoms with Crippen molar-refractivity contribution in [1.82, 2.24) is 20.1 Å². The predicted molar refractivity (Wildman–Crippen MR) is 93.7 cm³/mol. The third-order valence-electron chi connectivity index (χ3n) is 4.34. The Balaban J connectivity index is 1.66. The molecule has 0 radical (unpaired) electrons. The molecular formula is C17H22N4O2S. The summed E-state index contributed by atoms with van der Waals surface area (Å²) >= 11 is 5.22. The molecule has 7 heteroatoms. The number of fused-ring (bicyclic) bond motifs is 1. The molecule has 0 spiro atoms. The van der Waals surface area contributed by atoms with Gasteiger partial charge in [-0.15, -0.1) is 0 Å². The van der Waals surface area contributed by atoms with E-state index in [1.54, 1.807) is 4.57 Å². The van der Waals surface area contributed by atoms with Crippen molar-refractivity contribution < 1.29 is 9.53 Å². The van der Waals surface area contributed by atoms with Gasteiger partial charge in [-0.05, 0) is 31.6 Å². The van der Waals surface area contributed by atoms with Gasteiger partial charge in [-0.1, -0.05) is 25.1 Å². The lowest BCUT2D eigenvalue weighted by Crippen LogP contribution is -2.39. The summed E-state index contributed by atoms with van der Waals surface area (Å²) in [4.78, 5) is 12.4. The minimum atomic E-state index is -0.0678. The van der Waals surface area contributed by atoms with E-state index in [1.165, 1.54) is 0 Å². The highest BCUT2D eigenvalue weighted by Gasteiger charge is 2.29. The zero-order valence-electron chi connectivity index (χ0n) is 13.9. The molecule has 2 atom stereocenters. The first-order valence-electron chi connectivity index (χ1n) is 8.25. The molecule has 0 aliphatic carbocycles. The van der Waals surface area contributed by atoms with E-state index in [0.717, 1.165) is 30.0 Å². The van der Waals surface area contributed by atoms with Crippen LogP contribution in [0.3, 0.4) is 0 Å². The van der Waals surface area contributed by atoms with Crippen molar-refractivity contribution >= 4 is 18.1 Å². The molecule has 3 rings (SSSR count). The lowest BCUT2D eigenvalue weighted by atomic mass is 9.94. The van der Waals surface area contributed by atoms with Crippen LogP contribution < -0.4 is 10.1 Å². The van der Waals surface area contributed by atoms with Crippen LogP contribution in [0.1, 0.15) is 37.6 Å². The van der Waals surface area contributed by atoms with Crippen LogP contribution in [0.4, 0.5) is 0 Å². The van der Waals surface area contributed by atoms with Gasteiger partial charge >= 0.3 is 0 Å². The monoisotopic (exact) mass is 346 g/mol. The zero-order chi connectivity index (χ0) is 17.1. The van der Waals surface area contributed by atoms with Gasteiger partial charge in [0.05, 0.1) is 6.61 Å². The van der Waals surface area contributed by atoms with Gasteiger partial charge in [0.15, 0.2) is 4.77 Å². The van der Waals surface area contributed by atoms with E-state index in [1.807, 2.05) is 25.1 Å². The van der Waals surface area contributed by atoms with Gasteiger partial charge in [-0.2, -0.15) is 5.10 Å². The maximum Gasteiger partial charge on any atom is 0.240 e. The van der Waals surface area contributed by atoms with Gasteiger partial charge in [-0.3, -0.25) is 14.5 Å². The van der Waals surface area contributed by atoms with E-state index in [9.17, 15) is 4.79 Å². The van der Waals surface area contributed by atoms with Crippen molar-refractivity contribution in [2.45, 2.75) is 45.2 Å². The molecule has 2 aromatic rings. The van der Waals surface area contributed by atoms with Crippen LogP contribution in [0.5, 0.6) is 5.75 Å². The number of rotatable bonds is 6. The van der Waals surface area contributed by atoms with E-state index in [-0.39, 0.29) is 24.4 Å². The summed E-state index contributed by atoms with van der Waals surface area (Å²) in [5, 5.41) is 10.0. The number of para-hydroxylation sites is 1. The summed E-state index contributed by atoms with van der Waals surface area (Å²) < 4.78 is 7.95. The third-order valence-corrected chi connectivity index (χ3v) is 4.65. The van der Waals surface area contributed by atoms with E-state index in [4.69, 9.17) is 17.0 Å². The summed E-state index contributed by atoms with van der Waals surface area (Å²) in [5.41, 5.74) is 1.15. The molecule has 0 fully saturated rings. The number of benzene rings is 1. The standard InChI is InChI=1S/C17H22N4O2S/c1-3-6-15-19-20-17(24)21(15)9-16(22)18-11(2)13-10-23-14-8-5-4-7-12(13)14/h4-5,7-8,11,13H,3,6,9-10H2,1-2H3,(H,18,22)(H,20,24)/t11-,13+/m1/s1. The van der Waals surface area contributed by atoms with E-state index in [0.29, 0.717) is 11.4 Å². The number of carbonyl (C=O) groups excluding carboxylic acids is 1. The van der Waals surface area contributed by atoms with Gasteiger partial charge in [0.1, 0.15) is 18.1 Å². The second-order valence-corrected chi connectivity index (χ2v) is 6.48. The van der Waals surface area contributed by atoms with Crippen molar-refractivity contribution in [3.8, 4) is 5.75 Å². The van der Waals surface area contributed by atoms with Crippen molar-refractivity contribution in [3.05, 3.63) is 40.4 Å². The number of ether oxygens (including phenoxy) is 1. The predicted octanol–water partition coefficient (Wildman–Crippen LogP) is 2.57. The average Bonchev–Trinajstić information content (AvgIpc) is 3.13. The number of carbonyl (C=O) groups is 1. The molecule has 2 heterocycles. The van der Waals surface area contributed by atoms with Crippen LogP contribution in [0, 0.1) is 4.77 Å². The molecule has 0 saturated carbocycles. The Bertz CT molecular complexity index is 783. The van der Waals surface area contributed by atoms with Crippen molar-refractivity contribution in [2.75, 3.05) is 6.61 Å². The fourth-order valence-electron chi connectivity index (χ4n) is 3.07. The number of nitrogens with one attached hydrogen (secondary N) is 2. The highest BCUT2D eigenvalue weighted by Crippen LogP contribution is 2.35. The smallest absolute Gasteiger partial charge is 0.240 e. The fraction of sp³-hybridized carbons (Fsp3) is 0.471. The number of hydrogen-bond acceptors (Lipinski definition) is 4. The lowest BCUT2D eigenvalue weighted by molar-refractivity contribution is -0.122. The SMILES string of the molecule is CCCc1n[nH]c(=S)n1CC(=O)N[C@H](C)[C@@H]1COc2ccccc21. The second-order valence-electron chi connectivity index (χ2n) is 6.09. The molecule has 0 saturated heterocycles. The minimum Gasteiger partial charge on any atom is -0.493 e. The first-order chi connectivity index (χ1) is 11.6. The van der Waals surface area contributed by atoms with Crippen molar-refractivity contribution in [2.24, 2.45) is 0 Å². The highest BCUT2D eigenvalue weighted by atomic mass is 32.1. The number of nitrogens with zero attached hydrogens (tertiary/aromatic N) is 2. The Morgan fingerprint density at radius 2 is 2.33 bits per heavy atom. The number of aromatic nitrogens is 3. The molecule has 128 valence electrons. The van der Waals surface area contributed by atoms with Crippen LogP contribution in [0.15, 0.2) is 24.3 Å². The van der Waals surface area contributed by atoms with E-state index < -0.39 is 0 Å². The highest BCUT2D eigenvalue weighted by molar-refractivity contribution is 7.71. The number of hydrogen-bond donors (Lipinski definition) is 2. The average molecular weight is 346 g/mol. The topological polar surface area (TPSA) is 71.9 Å². The van der Waals surface area contributed by atoms with Crippen LogP contribution in [0.2, 0.25) is 0 Å².